The van der Waals surface area contributed by atoms with Crippen LogP contribution in [-0.2, 0) is 0 Å². The van der Waals surface area contributed by atoms with Gasteiger partial charge in [0.2, 0.25) is 5.82 Å². The first-order chi connectivity index (χ1) is 7.00. The Labute approximate surface area is 86.4 Å². The summed E-state index contributed by atoms with van der Waals surface area (Å²) in [5.74, 6) is -2.05. The van der Waals surface area contributed by atoms with E-state index in [1.165, 1.54) is 12.3 Å². The monoisotopic (exact) mass is 209 g/mol. The van der Waals surface area contributed by atoms with Crippen molar-refractivity contribution in [2.75, 3.05) is 0 Å². The molecule has 1 heterocycles. The predicted molar refractivity (Wildman–Crippen MR) is 51.6 cm³/mol. The van der Waals surface area contributed by atoms with Crippen LogP contribution < -0.4 is 5.32 Å². The van der Waals surface area contributed by atoms with E-state index in [1.54, 1.807) is 13.8 Å². The minimum atomic E-state index is -1.26. The lowest BCUT2D eigenvalue weighted by Gasteiger charge is -2.07. The second-order valence-electron chi connectivity index (χ2n) is 3.20. The highest BCUT2D eigenvalue weighted by Gasteiger charge is 2.12. The molecule has 1 amide bonds. The van der Waals surface area contributed by atoms with E-state index in [1.807, 2.05) is 0 Å². The molecule has 0 bridgehead atoms. The summed E-state index contributed by atoms with van der Waals surface area (Å²) in [6, 6.07) is 1.34. The molecule has 0 unspecified atom stereocenters. The number of nitrogens with zero attached hydrogens (tertiary/aromatic N) is 2. The van der Waals surface area contributed by atoms with E-state index in [0.717, 1.165) is 0 Å². The number of hydrogen-bond donors (Lipinski definition) is 2. The maximum Gasteiger partial charge on any atom is 0.373 e. The van der Waals surface area contributed by atoms with Gasteiger partial charge in [0.25, 0.3) is 5.91 Å². The summed E-state index contributed by atoms with van der Waals surface area (Å²) < 4.78 is 0. The summed E-state index contributed by atoms with van der Waals surface area (Å²) >= 11 is 0. The minimum absolute atomic E-state index is 0.0271. The van der Waals surface area contributed by atoms with Gasteiger partial charge in [-0.3, -0.25) is 4.79 Å². The molecule has 2 N–H and O–H groups in total. The molecule has 0 fully saturated rings. The molecule has 1 aromatic rings. The Balaban J connectivity index is 2.90. The van der Waals surface area contributed by atoms with E-state index in [-0.39, 0.29) is 17.6 Å². The Morgan fingerprint density at radius 3 is 2.67 bits per heavy atom. The Morgan fingerprint density at radius 1 is 1.47 bits per heavy atom. The number of carboxylic acids is 1. The SMILES string of the molecule is CC(C)NC(=O)c1ccnc(C(=O)O)n1. The van der Waals surface area contributed by atoms with Gasteiger partial charge in [0.15, 0.2) is 0 Å². The molecule has 0 aromatic carbocycles. The lowest BCUT2D eigenvalue weighted by molar-refractivity contribution is 0.0683. The maximum atomic E-state index is 11.4. The van der Waals surface area contributed by atoms with Gasteiger partial charge in [-0.25, -0.2) is 14.8 Å². The topological polar surface area (TPSA) is 92.2 Å². The van der Waals surface area contributed by atoms with E-state index in [0.29, 0.717) is 0 Å². The number of aromatic carboxylic acids is 1. The maximum absolute atomic E-state index is 11.4. The summed E-state index contributed by atoms with van der Waals surface area (Å²) in [6.07, 6.45) is 1.24. The molecular formula is C9H11N3O3. The smallest absolute Gasteiger partial charge is 0.373 e. The van der Waals surface area contributed by atoms with E-state index in [2.05, 4.69) is 15.3 Å². The van der Waals surface area contributed by atoms with Crippen molar-refractivity contribution in [3.8, 4) is 0 Å². The van der Waals surface area contributed by atoms with Crippen molar-refractivity contribution in [1.29, 1.82) is 0 Å². The fourth-order valence-corrected chi connectivity index (χ4v) is 0.924. The first-order valence-electron chi connectivity index (χ1n) is 4.38. The standard InChI is InChI=1S/C9H11N3O3/c1-5(2)11-8(13)6-3-4-10-7(12-6)9(14)15/h3-5H,1-2H3,(H,11,13)(H,14,15). The summed E-state index contributed by atoms with van der Waals surface area (Å²) in [5.41, 5.74) is 0.0519. The molecule has 15 heavy (non-hydrogen) atoms. The minimum Gasteiger partial charge on any atom is -0.475 e. The zero-order chi connectivity index (χ0) is 11.4. The van der Waals surface area contributed by atoms with Gasteiger partial charge in [-0.1, -0.05) is 0 Å². The normalized spacial score (nSPS) is 10.1. The van der Waals surface area contributed by atoms with Crippen LogP contribution in [0.5, 0.6) is 0 Å². The first kappa shape index (κ1) is 11.1. The first-order valence-corrected chi connectivity index (χ1v) is 4.38. The predicted octanol–water partition coefficient (Wildman–Crippen LogP) is 0.313. The molecule has 80 valence electrons. The molecule has 1 aromatic heterocycles. The number of hydrogen-bond acceptors (Lipinski definition) is 4. The summed E-state index contributed by atoms with van der Waals surface area (Å²) in [5, 5.41) is 11.2. The zero-order valence-electron chi connectivity index (χ0n) is 8.39. The van der Waals surface area contributed by atoms with Gasteiger partial charge < -0.3 is 10.4 Å². The molecule has 0 radical (unpaired) electrons. The molecule has 0 spiro atoms. The summed E-state index contributed by atoms with van der Waals surface area (Å²) in [7, 11) is 0. The third kappa shape index (κ3) is 3.01. The zero-order valence-corrected chi connectivity index (χ0v) is 8.39. The van der Waals surface area contributed by atoms with Gasteiger partial charge >= 0.3 is 5.97 Å². The van der Waals surface area contributed by atoms with E-state index >= 15 is 0 Å². The average Bonchev–Trinajstić information content (AvgIpc) is 2.17. The Morgan fingerprint density at radius 2 is 2.13 bits per heavy atom. The lowest BCUT2D eigenvalue weighted by atomic mass is 10.3. The van der Waals surface area contributed by atoms with Crippen LogP contribution in [0.15, 0.2) is 12.3 Å². The third-order valence-corrected chi connectivity index (χ3v) is 1.50. The van der Waals surface area contributed by atoms with E-state index in [9.17, 15) is 9.59 Å². The molecule has 0 aliphatic carbocycles. The molecule has 6 heteroatoms. The molecule has 0 atom stereocenters. The highest BCUT2D eigenvalue weighted by atomic mass is 16.4. The average molecular weight is 209 g/mol. The molecule has 0 saturated heterocycles. The van der Waals surface area contributed by atoms with Crippen molar-refractivity contribution >= 4 is 11.9 Å². The quantitative estimate of drug-likeness (QED) is 0.747. The largest absolute Gasteiger partial charge is 0.475 e. The number of rotatable bonds is 3. The number of amides is 1. The highest BCUT2D eigenvalue weighted by molar-refractivity contribution is 5.93. The van der Waals surface area contributed by atoms with E-state index < -0.39 is 11.9 Å². The van der Waals surface area contributed by atoms with Gasteiger partial charge in [-0.15, -0.1) is 0 Å². The van der Waals surface area contributed by atoms with Crippen LogP contribution in [0.1, 0.15) is 35.0 Å². The number of nitrogens with one attached hydrogen (secondary N) is 1. The van der Waals surface area contributed by atoms with Crippen LogP contribution in [0.3, 0.4) is 0 Å². The summed E-state index contributed by atoms with van der Waals surface area (Å²) in [4.78, 5) is 29.1. The van der Waals surface area contributed by atoms with Crippen LogP contribution >= 0.6 is 0 Å². The number of carbonyl (C=O) groups excluding carboxylic acids is 1. The molecule has 0 aliphatic heterocycles. The Hall–Kier alpha value is -1.98. The second kappa shape index (κ2) is 4.50. The van der Waals surface area contributed by atoms with Crippen molar-refractivity contribution in [3.63, 3.8) is 0 Å². The van der Waals surface area contributed by atoms with Gasteiger partial charge in [-0.2, -0.15) is 0 Å². The number of carboxylic acid groups (broad SMARTS) is 1. The van der Waals surface area contributed by atoms with Crippen LogP contribution in [-0.4, -0.2) is 33.0 Å². The van der Waals surface area contributed by atoms with Crippen LogP contribution in [0, 0.1) is 0 Å². The van der Waals surface area contributed by atoms with Gasteiger partial charge in [0, 0.05) is 12.2 Å². The van der Waals surface area contributed by atoms with Crippen molar-refractivity contribution < 1.29 is 14.7 Å². The molecule has 0 aliphatic rings. The fourth-order valence-electron chi connectivity index (χ4n) is 0.924. The van der Waals surface area contributed by atoms with Crippen molar-refractivity contribution in [3.05, 3.63) is 23.8 Å². The third-order valence-electron chi connectivity index (χ3n) is 1.50. The van der Waals surface area contributed by atoms with Crippen LogP contribution in [0.4, 0.5) is 0 Å². The molecule has 1 rings (SSSR count). The highest BCUT2D eigenvalue weighted by Crippen LogP contribution is 1.96. The van der Waals surface area contributed by atoms with Crippen molar-refractivity contribution in [2.24, 2.45) is 0 Å². The summed E-state index contributed by atoms with van der Waals surface area (Å²) in [6.45, 7) is 3.61. The van der Waals surface area contributed by atoms with Crippen molar-refractivity contribution in [1.82, 2.24) is 15.3 Å². The Kier molecular flexibility index (Phi) is 3.33. The van der Waals surface area contributed by atoms with Crippen LogP contribution in [0.25, 0.3) is 0 Å². The second-order valence-corrected chi connectivity index (χ2v) is 3.20. The number of carbonyl (C=O) groups is 2. The fraction of sp³-hybridized carbons (Fsp3) is 0.333. The Bertz CT molecular complexity index is 390. The lowest BCUT2D eigenvalue weighted by Crippen LogP contribution is -2.31. The van der Waals surface area contributed by atoms with Gasteiger partial charge in [-0.05, 0) is 19.9 Å². The van der Waals surface area contributed by atoms with Crippen molar-refractivity contribution in [2.45, 2.75) is 19.9 Å². The van der Waals surface area contributed by atoms with E-state index in [4.69, 9.17) is 5.11 Å². The molecule has 6 nitrogen and oxygen atoms in total. The van der Waals surface area contributed by atoms with Gasteiger partial charge in [0.05, 0.1) is 0 Å². The number of aromatic nitrogens is 2. The molecular weight excluding hydrogens is 198 g/mol. The van der Waals surface area contributed by atoms with Gasteiger partial charge in [0.1, 0.15) is 5.69 Å². The molecule has 0 saturated carbocycles. The van der Waals surface area contributed by atoms with Crippen LogP contribution in [0.2, 0.25) is 0 Å².